The van der Waals surface area contributed by atoms with E-state index >= 15 is 0 Å². The van der Waals surface area contributed by atoms with Gasteiger partial charge in [-0.1, -0.05) is 167 Å². The van der Waals surface area contributed by atoms with Gasteiger partial charge >= 0.3 is 11.9 Å². The van der Waals surface area contributed by atoms with Crippen LogP contribution in [-0.4, -0.2) is 23.7 Å². The van der Waals surface area contributed by atoms with Crippen LogP contribution in [0, 0.1) is 5.92 Å². The minimum atomic E-state index is -0.878. The Morgan fingerprint density at radius 1 is 0.537 bits per heavy atom. The first-order valence-electron chi connectivity index (χ1n) is 18.1. The van der Waals surface area contributed by atoms with E-state index < -0.39 is 11.9 Å². The Bertz CT molecular complexity index is 585. The van der Waals surface area contributed by atoms with E-state index in [0.717, 1.165) is 25.7 Å². The van der Waals surface area contributed by atoms with Gasteiger partial charge in [0.2, 0.25) is 0 Å². The Balaban J connectivity index is 3.32. The molecule has 0 fully saturated rings. The smallest absolute Gasteiger partial charge is 0.307 e. The SMILES string of the molecule is CCCCCCCCCCCCCCCCCCC/C=C/CCCCCCCCCC(CC(=O)OCCC)C(=O)O. The van der Waals surface area contributed by atoms with Crippen LogP contribution in [0.15, 0.2) is 12.2 Å². The fourth-order valence-corrected chi connectivity index (χ4v) is 5.55. The van der Waals surface area contributed by atoms with Gasteiger partial charge < -0.3 is 9.84 Å². The number of esters is 1. The van der Waals surface area contributed by atoms with E-state index in [0.29, 0.717) is 13.0 Å². The highest BCUT2D eigenvalue weighted by Gasteiger charge is 2.21. The number of carboxylic acids is 1. The summed E-state index contributed by atoms with van der Waals surface area (Å²) in [6.07, 6.45) is 41.0. The van der Waals surface area contributed by atoms with Gasteiger partial charge in [-0.2, -0.15) is 0 Å². The summed E-state index contributed by atoms with van der Waals surface area (Å²) in [4.78, 5) is 23.1. The fraction of sp³-hybridized carbons (Fsp3) is 0.892. The van der Waals surface area contributed by atoms with E-state index in [1.165, 1.54) is 148 Å². The van der Waals surface area contributed by atoms with Crippen molar-refractivity contribution in [3.8, 4) is 0 Å². The molecule has 0 aromatic carbocycles. The van der Waals surface area contributed by atoms with Crippen LogP contribution in [0.5, 0.6) is 0 Å². The summed E-state index contributed by atoms with van der Waals surface area (Å²) in [5.74, 6) is -1.86. The average Bonchev–Trinajstić information content (AvgIpc) is 2.96. The lowest BCUT2D eigenvalue weighted by Crippen LogP contribution is -2.19. The molecular formula is C37H70O4. The Morgan fingerprint density at radius 2 is 0.902 bits per heavy atom. The summed E-state index contributed by atoms with van der Waals surface area (Å²) >= 11 is 0. The molecule has 4 heteroatoms. The van der Waals surface area contributed by atoms with Crippen molar-refractivity contribution < 1.29 is 19.4 Å². The van der Waals surface area contributed by atoms with Crippen LogP contribution in [-0.2, 0) is 14.3 Å². The second kappa shape index (κ2) is 33.2. The van der Waals surface area contributed by atoms with Crippen molar-refractivity contribution in [1.82, 2.24) is 0 Å². The van der Waals surface area contributed by atoms with Gasteiger partial charge in [-0.3, -0.25) is 9.59 Å². The Morgan fingerprint density at radius 3 is 1.27 bits per heavy atom. The molecule has 0 aromatic heterocycles. The number of aliphatic carboxylic acids is 1. The second-order valence-electron chi connectivity index (χ2n) is 12.4. The predicted molar refractivity (Wildman–Crippen MR) is 176 cm³/mol. The largest absolute Gasteiger partial charge is 0.481 e. The van der Waals surface area contributed by atoms with Crippen LogP contribution in [0.1, 0.15) is 200 Å². The lowest BCUT2D eigenvalue weighted by atomic mass is 9.97. The number of ether oxygens (including phenoxy) is 1. The second-order valence-corrected chi connectivity index (χ2v) is 12.4. The molecule has 1 atom stereocenters. The average molecular weight is 579 g/mol. The van der Waals surface area contributed by atoms with Gasteiger partial charge in [-0.25, -0.2) is 0 Å². The molecule has 0 rings (SSSR count). The standard InChI is InChI=1S/C37H70O4/c1-3-5-6-7-8-9-10-11-12-13-14-15-16-17-18-19-20-21-22-23-24-25-26-27-28-29-30-31-32-35(37(39)40)34-36(38)41-33-4-2/h22-23,35H,3-21,24-34H2,1-2H3,(H,39,40)/b23-22+. The van der Waals surface area contributed by atoms with Crippen LogP contribution < -0.4 is 0 Å². The van der Waals surface area contributed by atoms with Crippen LogP contribution in [0.25, 0.3) is 0 Å². The maximum absolute atomic E-state index is 11.7. The first-order valence-corrected chi connectivity index (χ1v) is 18.1. The zero-order chi connectivity index (χ0) is 30.1. The maximum atomic E-state index is 11.7. The maximum Gasteiger partial charge on any atom is 0.307 e. The van der Waals surface area contributed by atoms with Crippen molar-refractivity contribution in [3.63, 3.8) is 0 Å². The Labute approximate surface area is 255 Å². The molecule has 0 aliphatic rings. The quantitative estimate of drug-likeness (QED) is 0.0478. The number of rotatable bonds is 33. The number of unbranched alkanes of at least 4 members (excludes halogenated alkanes) is 24. The van der Waals surface area contributed by atoms with Crippen molar-refractivity contribution in [2.24, 2.45) is 5.92 Å². The molecule has 1 N–H and O–H groups in total. The molecular weight excluding hydrogens is 508 g/mol. The van der Waals surface area contributed by atoms with E-state index in [1.807, 2.05) is 6.92 Å². The minimum Gasteiger partial charge on any atom is -0.481 e. The van der Waals surface area contributed by atoms with Crippen LogP contribution in [0.3, 0.4) is 0 Å². The third-order valence-electron chi connectivity index (χ3n) is 8.29. The van der Waals surface area contributed by atoms with E-state index in [2.05, 4.69) is 19.1 Å². The number of allylic oxidation sites excluding steroid dienone is 2. The van der Waals surface area contributed by atoms with Crippen LogP contribution >= 0.6 is 0 Å². The predicted octanol–water partition coefficient (Wildman–Crippen LogP) is 12.1. The number of carboxylic acid groups (broad SMARTS) is 1. The number of carbonyl (C=O) groups excluding carboxylic acids is 1. The highest BCUT2D eigenvalue weighted by molar-refractivity contribution is 5.78. The van der Waals surface area contributed by atoms with Crippen molar-refractivity contribution in [2.45, 2.75) is 200 Å². The summed E-state index contributed by atoms with van der Waals surface area (Å²) in [5, 5.41) is 9.34. The molecule has 41 heavy (non-hydrogen) atoms. The van der Waals surface area contributed by atoms with Crippen molar-refractivity contribution in [1.29, 1.82) is 0 Å². The summed E-state index contributed by atoms with van der Waals surface area (Å²) in [7, 11) is 0. The number of carbonyl (C=O) groups is 2. The fourth-order valence-electron chi connectivity index (χ4n) is 5.55. The number of hydrogen-bond acceptors (Lipinski definition) is 3. The molecule has 242 valence electrons. The summed E-state index contributed by atoms with van der Waals surface area (Å²) in [5.41, 5.74) is 0. The molecule has 0 aromatic rings. The molecule has 4 nitrogen and oxygen atoms in total. The molecule has 0 spiro atoms. The molecule has 0 heterocycles. The first kappa shape index (κ1) is 39.7. The molecule has 1 unspecified atom stereocenters. The van der Waals surface area contributed by atoms with Gasteiger partial charge in [0.15, 0.2) is 0 Å². The van der Waals surface area contributed by atoms with E-state index in [-0.39, 0.29) is 12.4 Å². The van der Waals surface area contributed by atoms with Crippen LogP contribution in [0.2, 0.25) is 0 Å². The van der Waals surface area contributed by atoms with Crippen molar-refractivity contribution >= 4 is 11.9 Å². The minimum absolute atomic E-state index is 0.00234. The molecule has 0 radical (unpaired) electrons. The number of hydrogen-bond donors (Lipinski definition) is 1. The summed E-state index contributed by atoms with van der Waals surface area (Å²) in [6, 6.07) is 0. The highest BCUT2D eigenvalue weighted by atomic mass is 16.5. The summed E-state index contributed by atoms with van der Waals surface area (Å²) in [6.45, 7) is 4.60. The first-order chi connectivity index (χ1) is 20.1. The summed E-state index contributed by atoms with van der Waals surface area (Å²) < 4.78 is 5.03. The van der Waals surface area contributed by atoms with Crippen molar-refractivity contribution in [3.05, 3.63) is 12.2 Å². The lowest BCUT2D eigenvalue weighted by Gasteiger charge is -2.11. The normalized spacial score (nSPS) is 12.2. The zero-order valence-electron chi connectivity index (χ0n) is 27.6. The van der Waals surface area contributed by atoms with Crippen molar-refractivity contribution in [2.75, 3.05) is 6.61 Å². The van der Waals surface area contributed by atoms with E-state index in [1.54, 1.807) is 0 Å². The zero-order valence-corrected chi connectivity index (χ0v) is 27.6. The van der Waals surface area contributed by atoms with Gasteiger partial charge in [0.05, 0.1) is 18.9 Å². The van der Waals surface area contributed by atoms with Gasteiger partial charge in [-0.05, 0) is 38.5 Å². The van der Waals surface area contributed by atoms with Gasteiger partial charge in [-0.15, -0.1) is 0 Å². The Kier molecular flexibility index (Phi) is 32.1. The highest BCUT2D eigenvalue weighted by Crippen LogP contribution is 2.18. The topological polar surface area (TPSA) is 63.6 Å². The van der Waals surface area contributed by atoms with Gasteiger partial charge in [0.25, 0.3) is 0 Å². The monoisotopic (exact) mass is 579 g/mol. The molecule has 0 saturated heterocycles. The molecule has 0 bridgehead atoms. The molecule has 0 saturated carbocycles. The lowest BCUT2D eigenvalue weighted by molar-refractivity contribution is -0.151. The van der Waals surface area contributed by atoms with Gasteiger partial charge in [0, 0.05) is 0 Å². The van der Waals surface area contributed by atoms with E-state index in [9.17, 15) is 14.7 Å². The third kappa shape index (κ3) is 31.4. The van der Waals surface area contributed by atoms with Gasteiger partial charge in [0.1, 0.15) is 0 Å². The Hall–Kier alpha value is -1.32. The third-order valence-corrected chi connectivity index (χ3v) is 8.29. The molecule has 0 amide bonds. The molecule has 0 aliphatic carbocycles. The molecule has 0 aliphatic heterocycles. The van der Waals surface area contributed by atoms with E-state index in [4.69, 9.17) is 4.74 Å². The van der Waals surface area contributed by atoms with Crippen LogP contribution in [0.4, 0.5) is 0 Å².